The highest BCUT2D eigenvalue weighted by Gasteiger charge is 2.22. The van der Waals surface area contributed by atoms with E-state index in [-0.39, 0.29) is 6.54 Å². The van der Waals surface area contributed by atoms with Crippen molar-refractivity contribution in [1.82, 2.24) is 9.88 Å². The van der Waals surface area contributed by atoms with Crippen LogP contribution in [0.1, 0.15) is 25.5 Å². The van der Waals surface area contributed by atoms with Crippen molar-refractivity contribution in [3.05, 3.63) is 22.8 Å². The molecule has 0 aliphatic carbocycles. The molecule has 1 amide bonds. The van der Waals surface area contributed by atoms with Gasteiger partial charge in [-0.1, -0.05) is 11.6 Å². The number of rotatable bonds is 3. The second-order valence-corrected chi connectivity index (χ2v) is 5.39. The number of carbonyl (C=O) groups is 1. The Balaban J connectivity index is 2.21. The fourth-order valence-electron chi connectivity index (χ4n) is 2.35. The largest absolute Gasteiger partial charge is 0.465 e. The molecule has 1 atom stereocenters. The predicted molar refractivity (Wildman–Crippen MR) is 74.8 cm³/mol. The van der Waals surface area contributed by atoms with Gasteiger partial charge in [0.2, 0.25) is 0 Å². The molecular weight excluding hydrogens is 266 g/mol. The third-order valence-electron chi connectivity index (χ3n) is 3.40. The average molecular weight is 284 g/mol. The Bertz CT molecular complexity index is 481. The van der Waals surface area contributed by atoms with Gasteiger partial charge >= 0.3 is 6.09 Å². The summed E-state index contributed by atoms with van der Waals surface area (Å²) in [6, 6.07) is 4.01. The monoisotopic (exact) mass is 283 g/mol. The summed E-state index contributed by atoms with van der Waals surface area (Å²) in [5.74, 6) is 0.839. The maximum atomic E-state index is 10.8. The first-order valence-corrected chi connectivity index (χ1v) is 6.72. The molecule has 0 saturated carbocycles. The molecule has 1 fully saturated rings. The Hall–Kier alpha value is -1.49. The Kier molecular flexibility index (Phi) is 4.14. The van der Waals surface area contributed by atoms with Crippen molar-refractivity contribution < 1.29 is 9.90 Å². The van der Waals surface area contributed by atoms with E-state index in [4.69, 9.17) is 16.7 Å². The third-order valence-corrected chi connectivity index (χ3v) is 3.62. The first kappa shape index (κ1) is 13.9. The summed E-state index contributed by atoms with van der Waals surface area (Å²) < 4.78 is 0. The number of pyridine rings is 1. The third kappa shape index (κ3) is 3.29. The Morgan fingerprint density at radius 1 is 1.63 bits per heavy atom. The van der Waals surface area contributed by atoms with Gasteiger partial charge in [-0.05, 0) is 31.9 Å². The van der Waals surface area contributed by atoms with Crippen LogP contribution in [0.2, 0.25) is 5.02 Å². The molecule has 19 heavy (non-hydrogen) atoms. The van der Waals surface area contributed by atoms with Crippen LogP contribution in [-0.2, 0) is 6.54 Å². The number of hydrogen-bond acceptors (Lipinski definition) is 3. The van der Waals surface area contributed by atoms with Gasteiger partial charge in [-0.3, -0.25) is 0 Å². The van der Waals surface area contributed by atoms with Crippen molar-refractivity contribution in [2.45, 2.75) is 32.4 Å². The van der Waals surface area contributed by atoms with Gasteiger partial charge in [0.05, 0.1) is 12.2 Å². The Morgan fingerprint density at radius 3 is 2.95 bits per heavy atom. The molecule has 6 heteroatoms. The number of halogens is 1. The van der Waals surface area contributed by atoms with Crippen LogP contribution in [0.4, 0.5) is 10.6 Å². The van der Waals surface area contributed by atoms with Gasteiger partial charge in [-0.25, -0.2) is 9.78 Å². The van der Waals surface area contributed by atoms with Crippen LogP contribution in [0.3, 0.4) is 0 Å². The van der Waals surface area contributed by atoms with Crippen LogP contribution in [0.5, 0.6) is 0 Å². The molecule has 0 bridgehead atoms. The fraction of sp³-hybridized carbons (Fsp3) is 0.538. The van der Waals surface area contributed by atoms with Crippen molar-refractivity contribution >= 4 is 23.5 Å². The van der Waals surface area contributed by atoms with Crippen molar-refractivity contribution in [2.75, 3.05) is 18.5 Å². The van der Waals surface area contributed by atoms with E-state index in [1.165, 1.54) is 11.9 Å². The van der Waals surface area contributed by atoms with Crippen LogP contribution in [-0.4, -0.2) is 40.7 Å². The number of hydrogen-bond donors (Lipinski definition) is 1. The lowest BCUT2D eigenvalue weighted by molar-refractivity contribution is 0.153. The van der Waals surface area contributed by atoms with E-state index in [0.717, 1.165) is 25.2 Å². The molecule has 0 radical (unpaired) electrons. The predicted octanol–water partition coefficient (Wildman–Crippen LogP) is 2.83. The summed E-state index contributed by atoms with van der Waals surface area (Å²) in [7, 11) is 1.52. The molecular formula is C13H18ClN3O2. The van der Waals surface area contributed by atoms with Gasteiger partial charge in [-0.15, -0.1) is 0 Å². The molecule has 2 heterocycles. The van der Waals surface area contributed by atoms with Crippen molar-refractivity contribution in [1.29, 1.82) is 0 Å². The van der Waals surface area contributed by atoms with Crippen LogP contribution in [0.25, 0.3) is 0 Å². The van der Waals surface area contributed by atoms with E-state index in [2.05, 4.69) is 16.8 Å². The zero-order chi connectivity index (χ0) is 14.0. The summed E-state index contributed by atoms with van der Waals surface area (Å²) in [6.07, 6.45) is 1.33. The van der Waals surface area contributed by atoms with E-state index in [0.29, 0.717) is 16.8 Å². The van der Waals surface area contributed by atoms with Gasteiger partial charge in [-0.2, -0.15) is 0 Å². The Morgan fingerprint density at radius 2 is 2.37 bits per heavy atom. The van der Waals surface area contributed by atoms with Crippen LogP contribution in [0.15, 0.2) is 12.1 Å². The number of nitrogens with zero attached hydrogens (tertiary/aromatic N) is 3. The molecule has 0 aromatic carbocycles. The fourth-order valence-corrected chi connectivity index (χ4v) is 2.57. The van der Waals surface area contributed by atoms with Crippen molar-refractivity contribution in [3.63, 3.8) is 0 Å². The number of aromatic nitrogens is 1. The summed E-state index contributed by atoms with van der Waals surface area (Å²) in [5.41, 5.74) is 0.673. The molecule has 1 aliphatic rings. The maximum absolute atomic E-state index is 10.8. The van der Waals surface area contributed by atoms with Crippen LogP contribution >= 0.6 is 11.6 Å². The Labute approximate surface area is 117 Å². The van der Waals surface area contributed by atoms with E-state index in [1.54, 1.807) is 6.07 Å². The molecule has 1 saturated heterocycles. The second-order valence-electron chi connectivity index (χ2n) is 4.96. The average Bonchev–Trinajstić information content (AvgIpc) is 2.74. The normalized spacial score (nSPS) is 18.7. The molecule has 0 spiro atoms. The molecule has 1 aliphatic heterocycles. The molecule has 2 rings (SSSR count). The molecule has 1 aromatic heterocycles. The highest BCUT2D eigenvalue weighted by Crippen LogP contribution is 2.26. The number of anilines is 1. The molecule has 1 aromatic rings. The van der Waals surface area contributed by atoms with Crippen molar-refractivity contribution in [2.24, 2.45) is 0 Å². The quantitative estimate of drug-likeness (QED) is 0.927. The molecule has 1 N–H and O–H groups in total. The SMILES string of the molecule is CC1CCCN1c1cc(Cl)cc(CN(C)C(=O)O)n1. The number of amides is 1. The lowest BCUT2D eigenvalue weighted by Gasteiger charge is -2.23. The zero-order valence-corrected chi connectivity index (χ0v) is 11.9. The minimum Gasteiger partial charge on any atom is -0.465 e. The second kappa shape index (κ2) is 5.65. The molecule has 104 valence electrons. The molecule has 5 nitrogen and oxygen atoms in total. The lowest BCUT2D eigenvalue weighted by Crippen LogP contribution is -2.28. The van der Waals surface area contributed by atoms with Gasteiger partial charge in [0, 0.05) is 24.7 Å². The van der Waals surface area contributed by atoms with E-state index < -0.39 is 6.09 Å². The van der Waals surface area contributed by atoms with E-state index in [1.807, 2.05) is 6.07 Å². The van der Waals surface area contributed by atoms with Crippen molar-refractivity contribution in [3.8, 4) is 0 Å². The molecule has 1 unspecified atom stereocenters. The zero-order valence-electron chi connectivity index (χ0n) is 11.1. The van der Waals surface area contributed by atoms with E-state index in [9.17, 15) is 4.79 Å². The van der Waals surface area contributed by atoms with Gasteiger partial charge in [0.1, 0.15) is 5.82 Å². The smallest absolute Gasteiger partial charge is 0.407 e. The summed E-state index contributed by atoms with van der Waals surface area (Å²) in [4.78, 5) is 18.8. The van der Waals surface area contributed by atoms with Crippen LogP contribution < -0.4 is 4.90 Å². The lowest BCUT2D eigenvalue weighted by atomic mass is 10.2. The highest BCUT2D eigenvalue weighted by atomic mass is 35.5. The van der Waals surface area contributed by atoms with Gasteiger partial charge in [0.15, 0.2) is 0 Å². The highest BCUT2D eigenvalue weighted by molar-refractivity contribution is 6.30. The topological polar surface area (TPSA) is 56.7 Å². The van der Waals surface area contributed by atoms with Gasteiger partial charge in [0.25, 0.3) is 0 Å². The summed E-state index contributed by atoms with van der Waals surface area (Å²) in [6.45, 7) is 3.38. The summed E-state index contributed by atoms with van der Waals surface area (Å²) >= 11 is 6.11. The minimum atomic E-state index is -0.974. The first-order valence-electron chi connectivity index (χ1n) is 6.34. The standard InChI is InChI=1S/C13H18ClN3O2/c1-9-4-3-5-17(9)12-7-10(14)6-11(15-12)8-16(2)13(18)19/h6-7,9H,3-5,8H2,1-2H3,(H,18,19). The van der Waals surface area contributed by atoms with Crippen LogP contribution in [0, 0.1) is 0 Å². The minimum absolute atomic E-state index is 0.241. The summed E-state index contributed by atoms with van der Waals surface area (Å²) in [5, 5.41) is 9.49. The first-order chi connectivity index (χ1) is 8.97. The van der Waals surface area contributed by atoms with E-state index >= 15 is 0 Å². The van der Waals surface area contributed by atoms with Gasteiger partial charge < -0.3 is 14.9 Å². The number of carboxylic acid groups (broad SMARTS) is 1. The maximum Gasteiger partial charge on any atom is 0.407 e.